The third-order valence-electron chi connectivity index (χ3n) is 0.494. The van der Waals surface area contributed by atoms with E-state index in [1.165, 1.54) is 13.8 Å². The van der Waals surface area contributed by atoms with Gasteiger partial charge in [0.05, 0.1) is 0 Å². The second kappa shape index (κ2) is 8.74. The van der Waals surface area contributed by atoms with E-state index in [0.29, 0.717) is 0 Å². The molecule has 0 atom stereocenters. The molecule has 0 aliphatic rings. The van der Waals surface area contributed by atoms with E-state index in [0.717, 1.165) is 5.21 Å². The van der Waals surface area contributed by atoms with Gasteiger partial charge in [0, 0.05) is 22.4 Å². The largest absolute Gasteiger partial charge is 0.457 e. The maximum absolute atomic E-state index is 11.1. The Labute approximate surface area is 96.5 Å². The molecule has 95 valence electrons. The summed E-state index contributed by atoms with van der Waals surface area (Å²) in [5.41, 5.74) is 0. The van der Waals surface area contributed by atoms with Gasteiger partial charge >= 0.3 is 12.0 Å². The van der Waals surface area contributed by atoms with Crippen LogP contribution < -0.4 is 0 Å². The summed E-state index contributed by atoms with van der Waals surface area (Å²) in [5, 5.41) is -1.62. The summed E-state index contributed by atoms with van der Waals surface area (Å²) in [6.07, 6.45) is -5.46. The molecule has 3 nitrogen and oxygen atoms in total. The van der Waals surface area contributed by atoms with Gasteiger partial charge in [-0.05, 0) is 19.2 Å². The predicted octanol–water partition coefficient (Wildman–Crippen LogP) is 2.50. The molecule has 0 rings (SSSR count). The average Bonchev–Trinajstić information content (AvgIpc) is 1.81. The van der Waals surface area contributed by atoms with E-state index >= 15 is 0 Å². The summed E-state index contributed by atoms with van der Waals surface area (Å²) in [6, 6.07) is 0. The van der Waals surface area contributed by atoms with Crippen molar-refractivity contribution in [1.82, 2.24) is 5.34 Å². The number of hydrogen-bond acceptors (Lipinski definition) is 2. The quantitative estimate of drug-likeness (QED) is 0.225. The third kappa shape index (κ3) is 13.5. The second-order valence-electron chi connectivity index (χ2n) is 2.05. The van der Waals surface area contributed by atoms with Crippen LogP contribution in [-0.4, -0.2) is 23.1 Å². The molecular weight excluding hydrogens is 326 g/mol. The van der Waals surface area contributed by atoms with E-state index < -0.39 is 17.4 Å². The molecule has 0 N–H and O–H groups in total. The third-order valence-corrected chi connectivity index (χ3v) is 0.494. The molecule has 1 radical (unpaired) electrons. The van der Waals surface area contributed by atoms with E-state index in [2.05, 4.69) is 0 Å². The summed E-state index contributed by atoms with van der Waals surface area (Å²) in [6.45, 7) is 3.06. The molecule has 0 saturated carbocycles. The van der Waals surface area contributed by atoms with Gasteiger partial charge in [-0.3, -0.25) is 0 Å². The van der Waals surface area contributed by atoms with Crippen molar-refractivity contribution >= 4 is 11.6 Å². The summed E-state index contributed by atoms with van der Waals surface area (Å²) in [5.74, 6) is -2.70. The van der Waals surface area contributed by atoms with Crippen LogP contribution in [0.1, 0.15) is 13.8 Å². The maximum atomic E-state index is 11.1. The fourth-order valence-corrected chi connectivity index (χ4v) is 0.172. The first-order valence-corrected chi connectivity index (χ1v) is 2.98. The van der Waals surface area contributed by atoms with E-state index in [1.54, 1.807) is 0 Å². The number of carbonyl (C=O) groups excluding carboxylic acids is 1. The first-order chi connectivity index (χ1) is 6.12. The van der Waals surface area contributed by atoms with Crippen LogP contribution in [0.25, 0.3) is 0 Å². The molecule has 15 heavy (non-hydrogen) atoms. The Morgan fingerprint density at radius 2 is 1.47 bits per heavy atom. The molecule has 0 amide bonds. The normalized spacial score (nSPS) is 10.8. The first kappa shape index (κ1) is 19.9. The van der Waals surface area contributed by atoms with Gasteiger partial charge in [0.2, 0.25) is 0 Å². The van der Waals surface area contributed by atoms with Crippen molar-refractivity contribution in [3.8, 4) is 0 Å². The van der Waals surface area contributed by atoms with E-state index in [1.807, 2.05) is 0 Å². The van der Waals surface area contributed by atoms with Gasteiger partial charge < -0.3 is 4.79 Å². The molecule has 0 bridgehead atoms. The van der Waals surface area contributed by atoms with Crippen LogP contribution in [0.4, 0.5) is 26.6 Å². The van der Waals surface area contributed by atoms with Crippen molar-refractivity contribution < 1.29 is 53.8 Å². The Morgan fingerprint density at radius 1 is 1.20 bits per heavy atom. The van der Waals surface area contributed by atoms with Crippen molar-refractivity contribution in [2.24, 2.45) is 5.21 Å². The molecule has 0 aliphatic heterocycles. The van der Waals surface area contributed by atoms with Crippen molar-refractivity contribution in [1.29, 1.82) is 0 Å². The van der Waals surface area contributed by atoms with Gasteiger partial charge in [-0.15, -0.1) is 0 Å². The van der Waals surface area contributed by atoms with E-state index in [9.17, 15) is 31.4 Å². The molecular formula is C5H6AgF6N2O. The molecule has 0 unspecified atom stereocenters. The van der Waals surface area contributed by atoms with Gasteiger partial charge in [0.15, 0.2) is 0 Å². The number of halogens is 6. The minimum atomic E-state index is -5.46. The average molecular weight is 332 g/mol. The van der Waals surface area contributed by atoms with Crippen molar-refractivity contribution in [3.05, 3.63) is 0 Å². The van der Waals surface area contributed by atoms with E-state index in [4.69, 9.17) is 0 Å². The number of nitrogens with zero attached hydrogens (tertiary/aromatic N) is 2. The van der Waals surface area contributed by atoms with Crippen LogP contribution in [0.5, 0.6) is 0 Å². The molecule has 0 saturated heterocycles. The Bertz CT molecular complexity index is 212. The SMILES string of the molecule is CC(C)=O.FN=C(N(F)F)C(F)(F)F.[Ag]. The van der Waals surface area contributed by atoms with Gasteiger partial charge in [0.25, 0.3) is 0 Å². The fourth-order valence-electron chi connectivity index (χ4n) is 0.172. The van der Waals surface area contributed by atoms with Crippen LogP contribution >= 0.6 is 0 Å². The molecule has 0 heterocycles. The predicted molar refractivity (Wildman–Crippen MR) is 35.0 cm³/mol. The van der Waals surface area contributed by atoms with Gasteiger partial charge in [-0.25, -0.2) is 0 Å². The second-order valence-corrected chi connectivity index (χ2v) is 2.05. The van der Waals surface area contributed by atoms with Crippen LogP contribution in [0.15, 0.2) is 5.21 Å². The Hall–Kier alpha value is -0.540. The molecule has 0 fully saturated rings. The minimum Gasteiger partial charge on any atom is -0.300 e. The molecule has 10 heteroatoms. The van der Waals surface area contributed by atoms with Gasteiger partial charge in [-0.1, -0.05) is 18.7 Å². The topological polar surface area (TPSA) is 32.7 Å². The number of Topliss-reactive ketones (excluding diaryl/α,β-unsaturated/α-hetero) is 1. The summed E-state index contributed by atoms with van der Waals surface area (Å²) >= 11 is 0. The Kier molecular flexibility index (Phi) is 11.6. The minimum absolute atomic E-state index is 0. The van der Waals surface area contributed by atoms with Crippen LogP contribution in [-0.2, 0) is 27.2 Å². The molecule has 0 spiro atoms. The van der Waals surface area contributed by atoms with Crippen LogP contribution in [0.2, 0.25) is 0 Å². The van der Waals surface area contributed by atoms with Crippen molar-refractivity contribution in [2.75, 3.05) is 0 Å². The molecule has 0 aromatic carbocycles. The first-order valence-electron chi connectivity index (χ1n) is 2.98. The maximum Gasteiger partial charge on any atom is 0.457 e. The monoisotopic (exact) mass is 331 g/mol. The van der Waals surface area contributed by atoms with Crippen molar-refractivity contribution in [2.45, 2.75) is 20.0 Å². The smallest absolute Gasteiger partial charge is 0.300 e. The Balaban J connectivity index is -0.000000249. The zero-order chi connectivity index (χ0) is 11.9. The standard InChI is InChI=1S/C3H6O.C2F6N2.Ag/c1-3(2)4;3-2(4,5)1(9-6)10(7)8;/h1-2H3;;. The van der Waals surface area contributed by atoms with Crippen LogP contribution in [0.3, 0.4) is 0 Å². The number of carbonyl (C=O) groups is 1. The number of amidine groups is 1. The molecule has 0 aliphatic carbocycles. The number of ketones is 1. The number of alkyl halides is 3. The molecule has 0 aromatic rings. The zero-order valence-corrected chi connectivity index (χ0v) is 8.85. The zero-order valence-electron chi connectivity index (χ0n) is 7.37. The molecule has 0 aromatic heterocycles. The van der Waals surface area contributed by atoms with Gasteiger partial charge in [0.1, 0.15) is 5.78 Å². The number of rotatable bonds is 0. The van der Waals surface area contributed by atoms with Crippen LogP contribution in [0, 0.1) is 0 Å². The Morgan fingerprint density at radius 3 is 1.47 bits per heavy atom. The van der Waals surface area contributed by atoms with Gasteiger partial charge in [-0.2, -0.15) is 13.2 Å². The fraction of sp³-hybridized carbons (Fsp3) is 0.600. The van der Waals surface area contributed by atoms with E-state index in [-0.39, 0.29) is 28.2 Å². The summed E-state index contributed by atoms with van der Waals surface area (Å²) < 4.78 is 65.9. The summed E-state index contributed by atoms with van der Waals surface area (Å²) in [4.78, 5) is 9.44. The van der Waals surface area contributed by atoms with Crippen molar-refractivity contribution in [3.63, 3.8) is 0 Å². The summed E-state index contributed by atoms with van der Waals surface area (Å²) in [7, 11) is 0. The number of hydrogen-bond donors (Lipinski definition) is 0.